The van der Waals surface area contributed by atoms with Crippen molar-refractivity contribution < 1.29 is 4.39 Å². The van der Waals surface area contributed by atoms with Crippen LogP contribution in [0.25, 0.3) is 11.1 Å². The Morgan fingerprint density at radius 2 is 2.04 bits per heavy atom. The molecule has 0 amide bonds. The number of anilines is 1. The van der Waals surface area contributed by atoms with Gasteiger partial charge in [-0.1, -0.05) is 38.6 Å². The van der Waals surface area contributed by atoms with Crippen LogP contribution >= 0.6 is 0 Å². The van der Waals surface area contributed by atoms with Gasteiger partial charge in [-0.25, -0.2) is 4.39 Å². The second-order valence-electron chi connectivity index (χ2n) is 6.38. The van der Waals surface area contributed by atoms with Gasteiger partial charge < -0.3 is 5.32 Å². The molecular weight excluding hydrogens is 323 g/mol. The third-order valence-corrected chi connectivity index (χ3v) is 4.52. The molecule has 0 saturated heterocycles. The first kappa shape index (κ1) is 19.6. The lowest BCUT2D eigenvalue weighted by Crippen LogP contribution is -2.03. The zero-order valence-electron chi connectivity index (χ0n) is 16.0. The molecule has 0 bridgehead atoms. The Hall–Kier alpha value is -2.68. The number of halogens is 1. The minimum atomic E-state index is -0.268. The lowest BCUT2D eigenvalue weighted by molar-refractivity contribution is 0.626. The number of nitrogens with zero attached hydrogens (tertiary/aromatic N) is 1. The van der Waals surface area contributed by atoms with Crippen molar-refractivity contribution in [3.05, 3.63) is 72.2 Å². The third-order valence-electron chi connectivity index (χ3n) is 4.52. The van der Waals surface area contributed by atoms with Crippen molar-refractivity contribution in [1.29, 1.82) is 0 Å². The molecule has 2 aromatic carbocycles. The summed E-state index contributed by atoms with van der Waals surface area (Å²) in [6, 6.07) is 9.23. The zero-order valence-corrected chi connectivity index (χ0v) is 16.0. The van der Waals surface area contributed by atoms with Crippen LogP contribution in [0.1, 0.15) is 44.2 Å². The number of hydrogen-bond donors (Lipinski definition) is 1. The molecule has 2 rings (SSSR count). The highest BCUT2D eigenvalue weighted by Gasteiger charge is 2.17. The number of aryl methyl sites for hydroxylation is 1. The molecule has 0 fully saturated rings. The molecule has 0 aliphatic heterocycles. The van der Waals surface area contributed by atoms with Gasteiger partial charge in [0.05, 0.1) is 5.69 Å². The fourth-order valence-electron chi connectivity index (χ4n) is 2.95. The third kappa shape index (κ3) is 4.48. The van der Waals surface area contributed by atoms with E-state index in [1.165, 1.54) is 6.07 Å². The smallest absolute Gasteiger partial charge is 0.125 e. The van der Waals surface area contributed by atoms with Crippen LogP contribution in [0.15, 0.2) is 60.3 Å². The van der Waals surface area contributed by atoms with Crippen LogP contribution in [-0.2, 0) is 0 Å². The molecule has 0 aromatic heterocycles. The first-order valence-corrected chi connectivity index (χ1v) is 8.99. The highest BCUT2D eigenvalue weighted by Crippen LogP contribution is 2.39. The van der Waals surface area contributed by atoms with E-state index < -0.39 is 0 Å². The average Bonchev–Trinajstić information content (AvgIpc) is 2.62. The molecule has 2 aromatic rings. The molecule has 1 atom stereocenters. The Morgan fingerprint density at radius 3 is 2.69 bits per heavy atom. The van der Waals surface area contributed by atoms with Crippen molar-refractivity contribution in [2.45, 2.75) is 40.0 Å². The minimum absolute atomic E-state index is 0.268. The highest BCUT2D eigenvalue weighted by atomic mass is 19.1. The van der Waals surface area contributed by atoms with Crippen molar-refractivity contribution in [3.63, 3.8) is 0 Å². The molecule has 0 heterocycles. The molecule has 0 saturated carbocycles. The van der Waals surface area contributed by atoms with E-state index in [9.17, 15) is 4.39 Å². The molecule has 0 spiro atoms. The number of benzene rings is 2. The van der Waals surface area contributed by atoms with Crippen LogP contribution in [-0.4, -0.2) is 6.21 Å². The normalized spacial score (nSPS) is 12.7. The Bertz CT molecular complexity index is 834. The van der Waals surface area contributed by atoms with Crippen LogP contribution in [0, 0.1) is 12.7 Å². The van der Waals surface area contributed by atoms with E-state index in [1.807, 2.05) is 44.2 Å². The summed E-state index contributed by atoms with van der Waals surface area (Å²) in [5, 5.41) is 3.10. The van der Waals surface area contributed by atoms with Crippen molar-refractivity contribution in [2.75, 3.05) is 5.32 Å². The number of aliphatic imine (C=N–C) groups is 1. The van der Waals surface area contributed by atoms with Gasteiger partial charge in [0.15, 0.2) is 0 Å². The molecule has 0 radical (unpaired) electrons. The number of hydrogen-bond acceptors (Lipinski definition) is 2. The SMILES string of the molecule is C=CNc1cc(F)cc(-c2ccc(C)c(N=C/C=C\C)c2)c1C(C)CC. The summed E-state index contributed by atoms with van der Waals surface area (Å²) < 4.78 is 14.3. The van der Waals surface area contributed by atoms with Crippen molar-refractivity contribution >= 4 is 17.6 Å². The van der Waals surface area contributed by atoms with Gasteiger partial charge in [-0.3, -0.25) is 4.99 Å². The number of allylic oxidation sites excluding steroid dienone is 2. The molecule has 0 aliphatic rings. The second kappa shape index (κ2) is 9.14. The molecule has 26 heavy (non-hydrogen) atoms. The summed E-state index contributed by atoms with van der Waals surface area (Å²) in [6.45, 7) is 12.0. The quantitative estimate of drug-likeness (QED) is 0.527. The van der Waals surface area contributed by atoms with E-state index in [1.54, 1.807) is 18.5 Å². The van der Waals surface area contributed by atoms with E-state index in [2.05, 4.69) is 30.7 Å². The van der Waals surface area contributed by atoms with Gasteiger partial charge in [0.1, 0.15) is 5.82 Å². The maximum absolute atomic E-state index is 14.3. The van der Waals surface area contributed by atoms with E-state index in [0.29, 0.717) is 0 Å². The monoisotopic (exact) mass is 350 g/mol. The Kier molecular flexibility index (Phi) is 6.90. The maximum Gasteiger partial charge on any atom is 0.125 e. The highest BCUT2D eigenvalue weighted by molar-refractivity contribution is 5.80. The predicted octanol–water partition coefficient (Wildman–Crippen LogP) is 7.15. The topological polar surface area (TPSA) is 24.4 Å². The summed E-state index contributed by atoms with van der Waals surface area (Å²) in [7, 11) is 0. The largest absolute Gasteiger partial charge is 0.362 e. The summed E-state index contributed by atoms with van der Waals surface area (Å²) in [5.41, 5.74) is 5.69. The summed E-state index contributed by atoms with van der Waals surface area (Å²) in [6.07, 6.45) is 8.15. The molecular formula is C23H27FN2. The van der Waals surface area contributed by atoms with Gasteiger partial charge in [0, 0.05) is 11.9 Å². The van der Waals surface area contributed by atoms with Crippen LogP contribution in [0.2, 0.25) is 0 Å². The predicted molar refractivity (Wildman–Crippen MR) is 112 cm³/mol. The van der Waals surface area contributed by atoms with Crippen molar-refractivity contribution in [3.8, 4) is 11.1 Å². The molecule has 136 valence electrons. The molecule has 0 aliphatic carbocycles. The van der Waals surface area contributed by atoms with Crippen molar-refractivity contribution in [2.24, 2.45) is 4.99 Å². The van der Waals surface area contributed by atoms with Crippen LogP contribution in [0.5, 0.6) is 0 Å². The van der Waals surface area contributed by atoms with Crippen LogP contribution < -0.4 is 5.32 Å². The van der Waals surface area contributed by atoms with E-state index in [0.717, 1.165) is 40.0 Å². The van der Waals surface area contributed by atoms with Crippen LogP contribution in [0.4, 0.5) is 15.8 Å². The van der Waals surface area contributed by atoms with E-state index >= 15 is 0 Å². The second-order valence-corrected chi connectivity index (χ2v) is 6.38. The zero-order chi connectivity index (χ0) is 19.1. The fourth-order valence-corrected chi connectivity index (χ4v) is 2.95. The standard InChI is InChI=1S/C23H27FN2/c1-6-9-12-26-21-13-18(11-10-17(21)5)20-14-19(24)15-22(25-8-3)23(20)16(4)7-2/h6,8-16,25H,3,7H2,1-2,4-5H3/b9-6-,26-12?. The summed E-state index contributed by atoms with van der Waals surface area (Å²) in [5.74, 6) is 0.0141. The van der Waals surface area contributed by atoms with E-state index in [4.69, 9.17) is 0 Å². The van der Waals surface area contributed by atoms with Crippen LogP contribution in [0.3, 0.4) is 0 Å². The molecule has 3 heteroatoms. The average molecular weight is 350 g/mol. The fraction of sp³-hybridized carbons (Fsp3) is 0.261. The number of rotatable bonds is 7. The molecule has 1 N–H and O–H groups in total. The van der Waals surface area contributed by atoms with Gasteiger partial charge in [-0.2, -0.15) is 0 Å². The maximum atomic E-state index is 14.3. The van der Waals surface area contributed by atoms with Crippen molar-refractivity contribution in [1.82, 2.24) is 0 Å². The van der Waals surface area contributed by atoms with Gasteiger partial charge >= 0.3 is 0 Å². The number of nitrogens with one attached hydrogen (secondary N) is 1. The minimum Gasteiger partial charge on any atom is -0.362 e. The lowest BCUT2D eigenvalue weighted by Gasteiger charge is -2.20. The Labute approximate surface area is 156 Å². The summed E-state index contributed by atoms with van der Waals surface area (Å²) in [4.78, 5) is 4.52. The Balaban J connectivity index is 2.67. The first-order chi connectivity index (χ1) is 12.5. The summed E-state index contributed by atoms with van der Waals surface area (Å²) >= 11 is 0. The van der Waals surface area contributed by atoms with Gasteiger partial charge in [0.2, 0.25) is 0 Å². The molecule has 1 unspecified atom stereocenters. The first-order valence-electron chi connectivity index (χ1n) is 8.99. The van der Waals surface area contributed by atoms with Gasteiger partial charge in [-0.15, -0.1) is 0 Å². The molecule has 2 nitrogen and oxygen atoms in total. The van der Waals surface area contributed by atoms with E-state index in [-0.39, 0.29) is 11.7 Å². The lowest BCUT2D eigenvalue weighted by atomic mass is 9.88. The van der Waals surface area contributed by atoms with Gasteiger partial charge in [0.25, 0.3) is 0 Å². The Morgan fingerprint density at radius 1 is 1.27 bits per heavy atom. The van der Waals surface area contributed by atoms with Gasteiger partial charge in [-0.05, 0) is 78.9 Å².